The van der Waals surface area contributed by atoms with Crippen molar-refractivity contribution >= 4 is 30.7 Å². The molecule has 0 bridgehead atoms. The molecule has 2 nitrogen and oxygen atoms in total. The molecular weight excluding hydrogens is 142 g/mol. The molecule has 0 aromatic rings. The molecule has 0 fully saturated rings. The zero-order chi connectivity index (χ0) is 6.57. The number of nitrogens with zero attached hydrogens (tertiary/aromatic N) is 1. The zero-order valence-electron chi connectivity index (χ0n) is 4.24. The first kappa shape index (κ1) is 7.91. The maximum Gasteiger partial charge on any atom is 0.288 e. The Bertz CT molecular complexity index is 104. The Labute approximate surface area is 59.5 Å². The summed E-state index contributed by atoms with van der Waals surface area (Å²) in [5.74, 6) is 0. The van der Waals surface area contributed by atoms with Gasteiger partial charge in [-0.25, -0.2) is 0 Å². The molecule has 4 heteroatoms. The van der Waals surface area contributed by atoms with Crippen LogP contribution in [0.4, 0.5) is 4.79 Å². The molecule has 0 spiro atoms. The van der Waals surface area contributed by atoms with E-state index >= 15 is 0 Å². The molecule has 0 aliphatic rings. The number of rotatable bonds is 2. The number of carbonyl (C=O) groups is 1. The zero-order valence-corrected chi connectivity index (χ0v) is 6.03. The lowest BCUT2D eigenvalue weighted by Crippen LogP contribution is -2.13. The van der Waals surface area contributed by atoms with Crippen LogP contribution in [0.25, 0.3) is 0 Å². The van der Waals surface area contributed by atoms with Crippen LogP contribution < -0.4 is 0 Å². The van der Waals surface area contributed by atoms with Crippen LogP contribution in [0.5, 0.6) is 0 Å². The van der Waals surface area contributed by atoms with Crippen molar-refractivity contribution in [3.05, 3.63) is 12.7 Å². The van der Waals surface area contributed by atoms with Crippen molar-refractivity contribution < 1.29 is 4.79 Å². The van der Waals surface area contributed by atoms with Crippen LogP contribution in [0.15, 0.2) is 12.7 Å². The van der Waals surface area contributed by atoms with E-state index in [0.29, 0.717) is 6.54 Å². The average Bonchev–Trinajstić information content (AvgIpc) is 1.67. The number of carbonyl (C=O) groups excluding carboxylic acids is 1. The third-order valence-corrected chi connectivity index (χ3v) is 1.27. The minimum atomic E-state index is -0.367. The standard InChI is InChI=1S/C4H7NOS2/c1-2-3-5(8)4(6)7/h2,8H,1,3H2,(H,6,7). The Kier molecular flexibility index (Phi) is 3.81. The SMILES string of the molecule is C=CCN(S)C(=O)S. The van der Waals surface area contributed by atoms with Gasteiger partial charge in [0.15, 0.2) is 0 Å². The van der Waals surface area contributed by atoms with Crippen molar-refractivity contribution in [2.75, 3.05) is 6.54 Å². The van der Waals surface area contributed by atoms with Gasteiger partial charge in [-0.05, 0) is 0 Å². The van der Waals surface area contributed by atoms with Crippen molar-refractivity contribution in [2.24, 2.45) is 0 Å². The van der Waals surface area contributed by atoms with Crippen LogP contribution >= 0.6 is 25.4 Å². The number of thiol groups is 2. The second-order valence-corrected chi connectivity index (χ2v) is 2.02. The summed E-state index contributed by atoms with van der Waals surface area (Å²) in [6.45, 7) is 3.83. The Morgan fingerprint density at radius 2 is 2.38 bits per heavy atom. The van der Waals surface area contributed by atoms with Gasteiger partial charge in [0.2, 0.25) is 0 Å². The van der Waals surface area contributed by atoms with Gasteiger partial charge in [0, 0.05) is 0 Å². The lowest BCUT2D eigenvalue weighted by Gasteiger charge is -2.06. The molecule has 0 rings (SSSR count). The second kappa shape index (κ2) is 3.86. The Morgan fingerprint density at radius 1 is 1.88 bits per heavy atom. The molecule has 0 heterocycles. The average molecular weight is 149 g/mol. The molecule has 46 valence electrons. The van der Waals surface area contributed by atoms with Gasteiger partial charge in [0.05, 0.1) is 6.54 Å². The summed E-state index contributed by atoms with van der Waals surface area (Å²) in [5, 5.41) is -0.367. The first-order valence-corrected chi connectivity index (χ1v) is 2.83. The lowest BCUT2D eigenvalue weighted by molar-refractivity contribution is 0.251. The number of hydrogen-bond donors (Lipinski definition) is 2. The van der Waals surface area contributed by atoms with Gasteiger partial charge in [-0.15, -0.1) is 6.58 Å². The normalized spacial score (nSPS) is 8.25. The van der Waals surface area contributed by atoms with Crippen LogP contribution in [0.1, 0.15) is 0 Å². The molecule has 1 amide bonds. The quantitative estimate of drug-likeness (QED) is 0.449. The van der Waals surface area contributed by atoms with E-state index in [-0.39, 0.29) is 5.24 Å². The van der Waals surface area contributed by atoms with Crippen LogP contribution in [-0.2, 0) is 0 Å². The van der Waals surface area contributed by atoms with E-state index in [1.165, 1.54) is 0 Å². The monoisotopic (exact) mass is 149 g/mol. The van der Waals surface area contributed by atoms with Gasteiger partial charge in [0.25, 0.3) is 5.24 Å². The fourth-order valence-electron chi connectivity index (χ4n) is 0.200. The highest BCUT2D eigenvalue weighted by atomic mass is 32.1. The second-order valence-electron chi connectivity index (χ2n) is 1.15. The summed E-state index contributed by atoms with van der Waals surface area (Å²) < 4.78 is 1.15. The first-order valence-electron chi connectivity index (χ1n) is 1.98. The highest BCUT2D eigenvalue weighted by Gasteiger charge is 1.98. The van der Waals surface area contributed by atoms with Gasteiger partial charge >= 0.3 is 0 Å². The first-order chi connectivity index (χ1) is 3.68. The van der Waals surface area contributed by atoms with Crippen LogP contribution in [-0.4, -0.2) is 16.1 Å². The molecule has 0 unspecified atom stereocenters. The molecule has 0 aromatic heterocycles. The maximum absolute atomic E-state index is 10.2. The van der Waals surface area contributed by atoms with Gasteiger partial charge in [-0.2, -0.15) is 0 Å². The minimum Gasteiger partial charge on any atom is -0.276 e. The van der Waals surface area contributed by atoms with Gasteiger partial charge in [-0.3, -0.25) is 9.10 Å². The molecule has 0 aliphatic heterocycles. The molecule has 8 heavy (non-hydrogen) atoms. The van der Waals surface area contributed by atoms with Gasteiger partial charge in [0.1, 0.15) is 0 Å². The van der Waals surface area contributed by atoms with Crippen LogP contribution in [0.3, 0.4) is 0 Å². The maximum atomic E-state index is 10.2. The van der Waals surface area contributed by atoms with E-state index in [0.717, 1.165) is 4.31 Å². The van der Waals surface area contributed by atoms with Crippen molar-refractivity contribution in [2.45, 2.75) is 0 Å². The predicted octanol–water partition coefficient (Wildman–Crippen LogP) is 1.37. The summed E-state index contributed by atoms with van der Waals surface area (Å²) >= 11 is 7.23. The van der Waals surface area contributed by atoms with E-state index in [1.807, 2.05) is 0 Å². The lowest BCUT2D eigenvalue weighted by atomic mass is 10.6. The summed E-state index contributed by atoms with van der Waals surface area (Å²) in [5.41, 5.74) is 0. The van der Waals surface area contributed by atoms with Crippen molar-refractivity contribution in [3.8, 4) is 0 Å². The van der Waals surface area contributed by atoms with E-state index in [9.17, 15) is 4.79 Å². The Morgan fingerprint density at radius 3 is 2.50 bits per heavy atom. The summed E-state index contributed by atoms with van der Waals surface area (Å²) in [7, 11) is 0. The Hall–Kier alpha value is -0.0900. The van der Waals surface area contributed by atoms with Crippen molar-refractivity contribution in [1.82, 2.24) is 4.31 Å². The Balaban J connectivity index is 3.46. The predicted molar refractivity (Wildman–Crippen MR) is 40.3 cm³/mol. The molecule has 0 saturated heterocycles. The van der Waals surface area contributed by atoms with Crippen LogP contribution in [0, 0.1) is 0 Å². The number of amides is 1. The van der Waals surface area contributed by atoms with Crippen molar-refractivity contribution in [3.63, 3.8) is 0 Å². The minimum absolute atomic E-state index is 0.367. The molecule has 0 aliphatic carbocycles. The van der Waals surface area contributed by atoms with Crippen molar-refractivity contribution in [1.29, 1.82) is 0 Å². The summed E-state index contributed by atoms with van der Waals surface area (Å²) in [4.78, 5) is 10.2. The van der Waals surface area contributed by atoms with E-state index in [4.69, 9.17) is 0 Å². The fraction of sp³-hybridized carbons (Fsp3) is 0.250. The third-order valence-electron chi connectivity index (χ3n) is 0.523. The highest BCUT2D eigenvalue weighted by Crippen LogP contribution is 1.97. The van der Waals surface area contributed by atoms with E-state index < -0.39 is 0 Å². The van der Waals surface area contributed by atoms with Gasteiger partial charge < -0.3 is 0 Å². The van der Waals surface area contributed by atoms with E-state index in [1.54, 1.807) is 6.08 Å². The molecule has 0 atom stereocenters. The molecule has 0 radical (unpaired) electrons. The van der Waals surface area contributed by atoms with Crippen LogP contribution in [0.2, 0.25) is 0 Å². The summed E-state index contributed by atoms with van der Waals surface area (Å²) in [6.07, 6.45) is 1.57. The third kappa shape index (κ3) is 2.98. The fourth-order valence-corrected chi connectivity index (χ4v) is 0.397. The smallest absolute Gasteiger partial charge is 0.276 e. The van der Waals surface area contributed by atoms with E-state index in [2.05, 4.69) is 32.0 Å². The molecule has 0 N–H and O–H groups in total. The molecule has 0 aromatic carbocycles. The van der Waals surface area contributed by atoms with Gasteiger partial charge in [-0.1, -0.05) is 31.5 Å². The highest BCUT2D eigenvalue weighted by molar-refractivity contribution is 7.98. The topological polar surface area (TPSA) is 20.3 Å². The largest absolute Gasteiger partial charge is 0.288 e. The molecule has 0 saturated carbocycles. The molecular formula is C4H7NOS2. The summed E-state index contributed by atoms with van der Waals surface area (Å²) in [6, 6.07) is 0. The number of hydrogen-bond acceptors (Lipinski definition) is 2.